The number of nitrogens with one attached hydrogen (secondary N) is 2. The second-order valence-electron chi connectivity index (χ2n) is 5.06. The van der Waals surface area contributed by atoms with Gasteiger partial charge in [0.15, 0.2) is 6.29 Å². The third-order valence-electron chi connectivity index (χ3n) is 3.44. The molecule has 0 saturated heterocycles. The first-order chi connectivity index (χ1) is 12.3. The molecule has 0 spiro atoms. The van der Waals surface area contributed by atoms with Gasteiger partial charge in [0.05, 0.1) is 5.70 Å². The molecule has 3 rings (SSSR count). The fourth-order valence-electron chi connectivity index (χ4n) is 2.24. The molecule has 7 nitrogen and oxygen atoms in total. The van der Waals surface area contributed by atoms with Gasteiger partial charge in [-0.25, -0.2) is 5.90 Å². The Morgan fingerprint density at radius 3 is 2.56 bits per heavy atom. The highest BCUT2D eigenvalue weighted by Gasteiger charge is 2.10. The second kappa shape index (κ2) is 9.11. The molecule has 1 amide bonds. The molecule has 0 fully saturated rings. The van der Waals surface area contributed by atoms with Gasteiger partial charge >= 0.3 is 0 Å². The lowest BCUT2D eigenvalue weighted by atomic mass is 10.1. The van der Waals surface area contributed by atoms with Crippen LogP contribution in [0.25, 0.3) is 5.70 Å². The van der Waals surface area contributed by atoms with Gasteiger partial charge in [-0.2, -0.15) is 5.10 Å². The van der Waals surface area contributed by atoms with E-state index in [1.165, 1.54) is 0 Å². The topological polar surface area (TPSA) is 117 Å². The molecule has 128 valence electrons. The summed E-state index contributed by atoms with van der Waals surface area (Å²) in [7, 11) is 0. The first-order valence-corrected chi connectivity index (χ1v) is 7.47. The van der Waals surface area contributed by atoms with Crippen LogP contribution in [0.2, 0.25) is 0 Å². The lowest BCUT2D eigenvalue weighted by molar-refractivity contribution is -0.102. The van der Waals surface area contributed by atoms with Gasteiger partial charge in [-0.1, -0.05) is 36.4 Å². The molecule has 25 heavy (non-hydrogen) atoms. The molecule has 0 bridgehead atoms. The SMILES string of the molecule is NO.O=CC1=NNC(c2cccc(NC(=O)c3ccccc3)c2)=CC1. The van der Waals surface area contributed by atoms with E-state index >= 15 is 0 Å². The number of aldehydes is 1. The number of nitrogens with zero attached hydrogens (tertiary/aromatic N) is 1. The number of benzene rings is 2. The number of anilines is 1. The van der Waals surface area contributed by atoms with Gasteiger partial charge in [-0.15, -0.1) is 0 Å². The van der Waals surface area contributed by atoms with Crippen molar-refractivity contribution in [3.63, 3.8) is 0 Å². The van der Waals surface area contributed by atoms with Crippen LogP contribution in [0, 0.1) is 0 Å². The quantitative estimate of drug-likeness (QED) is 0.503. The summed E-state index contributed by atoms with van der Waals surface area (Å²) >= 11 is 0. The van der Waals surface area contributed by atoms with E-state index in [9.17, 15) is 9.59 Å². The number of hydrazone groups is 1. The average Bonchev–Trinajstić information content (AvgIpc) is 2.70. The first kappa shape index (κ1) is 18.1. The summed E-state index contributed by atoms with van der Waals surface area (Å²) in [5, 5.41) is 13.4. The standard InChI is InChI=1S/C18H15N3O2.H3NO/c22-12-16-9-10-17(21-20-16)14-7-4-8-15(11-14)19-18(23)13-5-2-1-3-6-13;1-2/h1-8,10-12,21H,9H2,(H,19,23);2H,1H2. The van der Waals surface area contributed by atoms with Crippen molar-refractivity contribution >= 4 is 29.3 Å². The molecule has 0 atom stereocenters. The summed E-state index contributed by atoms with van der Waals surface area (Å²) in [6, 6.07) is 16.5. The lowest BCUT2D eigenvalue weighted by Gasteiger charge is -2.13. The zero-order chi connectivity index (χ0) is 18.1. The van der Waals surface area contributed by atoms with Crippen molar-refractivity contribution in [3.05, 3.63) is 71.8 Å². The Hall–Kier alpha value is -3.29. The molecule has 0 saturated carbocycles. The van der Waals surface area contributed by atoms with E-state index in [-0.39, 0.29) is 5.91 Å². The Kier molecular flexibility index (Phi) is 6.58. The monoisotopic (exact) mass is 338 g/mol. The van der Waals surface area contributed by atoms with E-state index in [0.717, 1.165) is 17.5 Å². The van der Waals surface area contributed by atoms with E-state index in [4.69, 9.17) is 5.21 Å². The Morgan fingerprint density at radius 1 is 1.16 bits per heavy atom. The predicted molar refractivity (Wildman–Crippen MR) is 96.0 cm³/mol. The van der Waals surface area contributed by atoms with E-state index in [1.807, 2.05) is 48.5 Å². The smallest absolute Gasteiger partial charge is 0.255 e. The van der Waals surface area contributed by atoms with Crippen LogP contribution in [0.5, 0.6) is 0 Å². The summed E-state index contributed by atoms with van der Waals surface area (Å²) in [5.41, 5.74) is 6.32. The number of hydrogen-bond donors (Lipinski definition) is 4. The molecule has 1 heterocycles. The molecule has 0 aromatic heterocycles. The van der Waals surface area contributed by atoms with Crippen molar-refractivity contribution in [2.75, 3.05) is 5.32 Å². The number of allylic oxidation sites excluding steroid dienone is 1. The molecular weight excluding hydrogens is 320 g/mol. The summed E-state index contributed by atoms with van der Waals surface area (Å²) in [5.74, 6) is 3.34. The highest BCUT2D eigenvalue weighted by molar-refractivity contribution is 6.29. The van der Waals surface area contributed by atoms with Crippen molar-refractivity contribution in [1.82, 2.24) is 5.43 Å². The minimum Gasteiger partial charge on any atom is -0.322 e. The van der Waals surface area contributed by atoms with E-state index in [1.54, 1.807) is 12.1 Å². The summed E-state index contributed by atoms with van der Waals surface area (Å²) in [6.07, 6.45) is 3.12. The largest absolute Gasteiger partial charge is 0.322 e. The Labute approximate surface area is 144 Å². The molecule has 1 aliphatic heterocycles. The van der Waals surface area contributed by atoms with Crippen LogP contribution in [0.15, 0.2) is 65.8 Å². The van der Waals surface area contributed by atoms with Crippen molar-refractivity contribution in [3.8, 4) is 0 Å². The number of hydrogen-bond acceptors (Lipinski definition) is 6. The minimum absolute atomic E-state index is 0.158. The van der Waals surface area contributed by atoms with Gasteiger partial charge < -0.3 is 10.5 Å². The lowest BCUT2D eigenvalue weighted by Crippen LogP contribution is -2.16. The zero-order valence-corrected chi connectivity index (χ0v) is 13.3. The van der Waals surface area contributed by atoms with E-state index in [2.05, 4.69) is 21.7 Å². The molecule has 0 aliphatic carbocycles. The minimum atomic E-state index is -0.158. The van der Waals surface area contributed by atoms with Crippen LogP contribution < -0.4 is 16.6 Å². The molecule has 2 aromatic rings. The second-order valence-corrected chi connectivity index (χ2v) is 5.06. The van der Waals surface area contributed by atoms with Crippen molar-refractivity contribution < 1.29 is 14.8 Å². The van der Waals surface area contributed by atoms with Gasteiger partial charge in [0, 0.05) is 23.2 Å². The summed E-state index contributed by atoms with van der Waals surface area (Å²) in [6.45, 7) is 0. The van der Waals surface area contributed by atoms with Crippen molar-refractivity contribution in [2.45, 2.75) is 6.42 Å². The third-order valence-corrected chi connectivity index (χ3v) is 3.44. The Balaban J connectivity index is 0.00000109. The molecule has 7 heteroatoms. The van der Waals surface area contributed by atoms with Crippen LogP contribution in [-0.2, 0) is 4.79 Å². The van der Waals surface area contributed by atoms with Gasteiger partial charge in [0.25, 0.3) is 5.91 Å². The van der Waals surface area contributed by atoms with Gasteiger partial charge in [0.2, 0.25) is 0 Å². The van der Waals surface area contributed by atoms with E-state index in [0.29, 0.717) is 23.4 Å². The molecular formula is C18H18N4O3. The normalized spacial score (nSPS) is 12.6. The van der Waals surface area contributed by atoms with Crippen molar-refractivity contribution in [1.29, 1.82) is 0 Å². The van der Waals surface area contributed by atoms with Crippen LogP contribution in [-0.4, -0.2) is 23.1 Å². The molecule has 5 N–H and O–H groups in total. The molecule has 1 aliphatic rings. The number of nitrogens with two attached hydrogens (primary N) is 1. The number of amides is 1. The number of rotatable bonds is 4. The zero-order valence-electron chi connectivity index (χ0n) is 13.3. The van der Waals surface area contributed by atoms with Crippen LogP contribution in [0.4, 0.5) is 5.69 Å². The van der Waals surface area contributed by atoms with Crippen LogP contribution in [0.1, 0.15) is 22.3 Å². The average molecular weight is 338 g/mol. The van der Waals surface area contributed by atoms with Crippen molar-refractivity contribution in [2.24, 2.45) is 11.0 Å². The number of carbonyl (C=O) groups excluding carboxylic acids is 2. The Bertz CT molecular complexity index is 801. The summed E-state index contributed by atoms with van der Waals surface area (Å²) in [4.78, 5) is 22.8. The highest BCUT2D eigenvalue weighted by atomic mass is 16.4. The fourth-order valence-corrected chi connectivity index (χ4v) is 2.24. The molecule has 2 aromatic carbocycles. The maximum atomic E-state index is 12.2. The van der Waals surface area contributed by atoms with Gasteiger partial charge in [0.1, 0.15) is 5.71 Å². The maximum absolute atomic E-state index is 12.2. The van der Waals surface area contributed by atoms with E-state index < -0.39 is 0 Å². The fraction of sp³-hybridized carbons (Fsp3) is 0.0556. The summed E-state index contributed by atoms with van der Waals surface area (Å²) < 4.78 is 0. The maximum Gasteiger partial charge on any atom is 0.255 e. The molecule has 0 radical (unpaired) electrons. The number of carbonyl (C=O) groups is 2. The third kappa shape index (κ3) is 4.84. The van der Waals surface area contributed by atoms with Gasteiger partial charge in [-0.05, 0) is 24.3 Å². The van der Waals surface area contributed by atoms with Crippen LogP contribution >= 0.6 is 0 Å². The predicted octanol–water partition coefficient (Wildman–Crippen LogP) is 2.16. The first-order valence-electron chi connectivity index (χ1n) is 7.47. The van der Waals surface area contributed by atoms with Crippen LogP contribution in [0.3, 0.4) is 0 Å². The highest BCUT2D eigenvalue weighted by Crippen LogP contribution is 2.19. The van der Waals surface area contributed by atoms with Gasteiger partial charge in [-0.3, -0.25) is 15.0 Å². The molecule has 0 unspecified atom stereocenters. The Morgan fingerprint density at radius 2 is 1.92 bits per heavy atom.